The van der Waals surface area contributed by atoms with E-state index in [1.807, 2.05) is 26.0 Å². The van der Waals surface area contributed by atoms with Crippen molar-refractivity contribution in [2.45, 2.75) is 40.2 Å². The van der Waals surface area contributed by atoms with E-state index in [2.05, 4.69) is 39.9 Å². The van der Waals surface area contributed by atoms with Crippen molar-refractivity contribution in [2.24, 2.45) is 11.7 Å². The molecule has 0 aliphatic heterocycles. The highest BCUT2D eigenvalue weighted by atomic mass is 79.9. The molecular formula is C15H20BrN3O. The van der Waals surface area contributed by atoms with Crippen molar-refractivity contribution in [2.75, 3.05) is 0 Å². The molecule has 5 heteroatoms. The quantitative estimate of drug-likeness (QED) is 0.909. The van der Waals surface area contributed by atoms with Crippen LogP contribution in [0.1, 0.15) is 43.3 Å². The summed E-state index contributed by atoms with van der Waals surface area (Å²) in [5.41, 5.74) is 9.32. The Morgan fingerprint density at radius 3 is 2.40 bits per heavy atom. The number of nitrogens with two attached hydrogens (primary N) is 1. The molecule has 1 atom stereocenters. The number of benzene rings is 1. The van der Waals surface area contributed by atoms with Crippen LogP contribution in [0.4, 0.5) is 0 Å². The van der Waals surface area contributed by atoms with Crippen LogP contribution in [0.2, 0.25) is 0 Å². The number of aryl methyl sites for hydroxylation is 2. The minimum Gasteiger partial charge on any atom is -0.337 e. The normalized spacial score (nSPS) is 12.9. The minimum absolute atomic E-state index is 0.200. The highest BCUT2D eigenvalue weighted by Crippen LogP contribution is 2.28. The van der Waals surface area contributed by atoms with Crippen molar-refractivity contribution >= 4 is 15.9 Å². The molecule has 0 amide bonds. The number of nitrogens with zero attached hydrogens (tertiary/aromatic N) is 2. The Morgan fingerprint density at radius 2 is 1.85 bits per heavy atom. The van der Waals surface area contributed by atoms with Crippen molar-refractivity contribution in [3.05, 3.63) is 33.6 Å². The molecule has 0 unspecified atom stereocenters. The third-order valence-corrected chi connectivity index (χ3v) is 4.43. The molecule has 108 valence electrons. The van der Waals surface area contributed by atoms with E-state index in [4.69, 9.17) is 10.3 Å². The molecule has 1 aromatic heterocycles. The molecule has 20 heavy (non-hydrogen) atoms. The fourth-order valence-corrected chi connectivity index (χ4v) is 2.42. The van der Waals surface area contributed by atoms with Crippen LogP contribution in [-0.4, -0.2) is 10.1 Å². The van der Waals surface area contributed by atoms with E-state index in [9.17, 15) is 0 Å². The third kappa shape index (κ3) is 3.27. The van der Waals surface area contributed by atoms with Crippen LogP contribution >= 0.6 is 15.9 Å². The molecule has 2 N–H and O–H groups in total. The lowest BCUT2D eigenvalue weighted by molar-refractivity contribution is 0.335. The van der Waals surface area contributed by atoms with Gasteiger partial charge in [-0.1, -0.05) is 34.9 Å². The molecule has 1 aromatic carbocycles. The Bertz CT molecular complexity index is 584. The summed E-state index contributed by atoms with van der Waals surface area (Å²) >= 11 is 3.56. The van der Waals surface area contributed by atoms with Crippen molar-refractivity contribution in [3.63, 3.8) is 0 Å². The van der Waals surface area contributed by atoms with Gasteiger partial charge in [-0.2, -0.15) is 4.98 Å². The van der Waals surface area contributed by atoms with E-state index < -0.39 is 0 Å². The monoisotopic (exact) mass is 337 g/mol. The summed E-state index contributed by atoms with van der Waals surface area (Å²) in [7, 11) is 0. The van der Waals surface area contributed by atoms with E-state index in [1.165, 1.54) is 0 Å². The van der Waals surface area contributed by atoms with Gasteiger partial charge in [0.25, 0.3) is 0 Å². The first-order valence-corrected chi connectivity index (χ1v) is 7.54. The smallest absolute Gasteiger partial charge is 0.243 e. The molecule has 0 radical (unpaired) electrons. The standard InChI is InChI=1S/C15H20BrN3O/c1-8(2)5-12(17)15-18-14(19-20-15)11-6-9(3)13(16)10(4)7-11/h6-8,12H,5,17H2,1-4H3/t12-/m1/s1. The van der Waals surface area contributed by atoms with Crippen LogP contribution in [0, 0.1) is 19.8 Å². The largest absolute Gasteiger partial charge is 0.337 e. The maximum absolute atomic E-state index is 6.07. The molecule has 0 spiro atoms. The first-order valence-electron chi connectivity index (χ1n) is 6.74. The maximum atomic E-state index is 6.07. The van der Waals surface area contributed by atoms with Gasteiger partial charge in [0.1, 0.15) is 0 Å². The average molecular weight is 338 g/mol. The molecule has 0 aliphatic carbocycles. The fraction of sp³-hybridized carbons (Fsp3) is 0.467. The molecular weight excluding hydrogens is 318 g/mol. The number of aromatic nitrogens is 2. The number of halogens is 1. The molecule has 0 bridgehead atoms. The molecule has 2 rings (SSSR count). The summed E-state index contributed by atoms with van der Waals surface area (Å²) in [4.78, 5) is 4.43. The molecule has 0 saturated carbocycles. The van der Waals surface area contributed by atoms with E-state index in [1.54, 1.807) is 0 Å². The number of rotatable bonds is 4. The van der Waals surface area contributed by atoms with Gasteiger partial charge < -0.3 is 10.3 Å². The Balaban J connectivity index is 2.29. The van der Waals surface area contributed by atoms with E-state index in [-0.39, 0.29) is 6.04 Å². The Morgan fingerprint density at radius 1 is 1.25 bits per heavy atom. The molecule has 4 nitrogen and oxygen atoms in total. The van der Waals surface area contributed by atoms with Gasteiger partial charge in [0.15, 0.2) is 0 Å². The zero-order chi connectivity index (χ0) is 14.9. The first kappa shape index (κ1) is 15.2. The summed E-state index contributed by atoms with van der Waals surface area (Å²) in [5, 5.41) is 4.05. The summed E-state index contributed by atoms with van der Waals surface area (Å²) in [6.07, 6.45) is 0.833. The van der Waals surface area contributed by atoms with Crippen molar-refractivity contribution < 1.29 is 4.52 Å². The summed E-state index contributed by atoms with van der Waals surface area (Å²) < 4.78 is 6.41. The summed E-state index contributed by atoms with van der Waals surface area (Å²) in [6, 6.07) is 3.88. The van der Waals surface area contributed by atoms with Crippen LogP contribution in [0.5, 0.6) is 0 Å². The van der Waals surface area contributed by atoms with Crippen LogP contribution in [0.25, 0.3) is 11.4 Å². The van der Waals surface area contributed by atoms with Crippen LogP contribution in [-0.2, 0) is 0 Å². The number of hydrogen-bond acceptors (Lipinski definition) is 4. The SMILES string of the molecule is Cc1cc(-c2noc([C@H](N)CC(C)C)n2)cc(C)c1Br. The highest BCUT2D eigenvalue weighted by Gasteiger charge is 2.17. The second-order valence-electron chi connectivity index (χ2n) is 5.62. The fourth-order valence-electron chi connectivity index (χ4n) is 2.19. The van der Waals surface area contributed by atoms with Gasteiger partial charge in [-0.3, -0.25) is 0 Å². The molecule has 0 aliphatic rings. The van der Waals surface area contributed by atoms with E-state index in [0.717, 1.165) is 27.6 Å². The highest BCUT2D eigenvalue weighted by molar-refractivity contribution is 9.10. The maximum Gasteiger partial charge on any atom is 0.243 e. The van der Waals surface area contributed by atoms with Crippen molar-refractivity contribution in [1.29, 1.82) is 0 Å². The first-order chi connectivity index (χ1) is 9.38. The molecule has 1 heterocycles. The number of hydrogen-bond donors (Lipinski definition) is 1. The average Bonchev–Trinajstić information content (AvgIpc) is 2.84. The Labute approximate surface area is 127 Å². The lowest BCUT2D eigenvalue weighted by Crippen LogP contribution is -2.13. The zero-order valence-electron chi connectivity index (χ0n) is 12.3. The topological polar surface area (TPSA) is 64.9 Å². The predicted octanol–water partition coefficient (Wildman–Crippen LogP) is 4.16. The Hall–Kier alpha value is -1.20. The van der Waals surface area contributed by atoms with Gasteiger partial charge in [0, 0.05) is 10.0 Å². The van der Waals surface area contributed by atoms with Gasteiger partial charge in [0.2, 0.25) is 11.7 Å². The Kier molecular flexibility index (Phi) is 4.60. The van der Waals surface area contributed by atoms with Crippen LogP contribution in [0.15, 0.2) is 21.1 Å². The van der Waals surface area contributed by atoms with Gasteiger partial charge in [-0.15, -0.1) is 0 Å². The third-order valence-electron chi connectivity index (χ3n) is 3.18. The van der Waals surface area contributed by atoms with Gasteiger partial charge >= 0.3 is 0 Å². The van der Waals surface area contributed by atoms with E-state index >= 15 is 0 Å². The summed E-state index contributed by atoms with van der Waals surface area (Å²) in [5.74, 6) is 1.60. The van der Waals surface area contributed by atoms with Gasteiger partial charge in [-0.25, -0.2) is 0 Å². The van der Waals surface area contributed by atoms with Crippen LogP contribution < -0.4 is 5.73 Å². The van der Waals surface area contributed by atoms with Crippen LogP contribution in [0.3, 0.4) is 0 Å². The summed E-state index contributed by atoms with van der Waals surface area (Å²) in [6.45, 7) is 8.34. The molecule has 0 saturated heterocycles. The minimum atomic E-state index is -0.200. The lowest BCUT2D eigenvalue weighted by Gasteiger charge is -2.08. The van der Waals surface area contributed by atoms with Gasteiger partial charge in [0.05, 0.1) is 6.04 Å². The van der Waals surface area contributed by atoms with Crippen molar-refractivity contribution in [1.82, 2.24) is 10.1 Å². The van der Waals surface area contributed by atoms with Gasteiger partial charge in [-0.05, 0) is 49.4 Å². The van der Waals surface area contributed by atoms with E-state index in [0.29, 0.717) is 17.6 Å². The second-order valence-corrected chi connectivity index (χ2v) is 6.41. The zero-order valence-corrected chi connectivity index (χ0v) is 13.9. The van der Waals surface area contributed by atoms with Crippen molar-refractivity contribution in [3.8, 4) is 11.4 Å². The molecule has 0 fully saturated rings. The predicted molar refractivity (Wildman–Crippen MR) is 83.3 cm³/mol. The second kappa shape index (κ2) is 6.06. The molecule has 2 aromatic rings. The lowest BCUT2D eigenvalue weighted by atomic mass is 10.0.